The second-order valence-corrected chi connectivity index (χ2v) is 6.95. The molecule has 0 radical (unpaired) electrons. The summed E-state index contributed by atoms with van der Waals surface area (Å²) < 4.78 is 18.1. The average molecular weight is 371 g/mol. The van der Waals surface area contributed by atoms with Crippen molar-refractivity contribution in [2.24, 2.45) is 5.92 Å². The highest BCUT2D eigenvalue weighted by molar-refractivity contribution is 5.89. The third-order valence-electron chi connectivity index (χ3n) is 4.89. The topological polar surface area (TPSA) is 62.4 Å². The lowest BCUT2D eigenvalue weighted by atomic mass is 9.89. The van der Waals surface area contributed by atoms with Crippen molar-refractivity contribution in [2.75, 3.05) is 25.5 Å². The molecular formula is C21H26FN3O2. The molecule has 27 heavy (non-hydrogen) atoms. The molecule has 0 unspecified atom stereocenters. The van der Waals surface area contributed by atoms with E-state index in [1.807, 2.05) is 30.3 Å². The van der Waals surface area contributed by atoms with Crippen LogP contribution in [0, 0.1) is 11.7 Å². The van der Waals surface area contributed by atoms with Crippen LogP contribution in [0.5, 0.6) is 5.75 Å². The molecule has 3 rings (SSSR count). The van der Waals surface area contributed by atoms with Crippen LogP contribution in [0.2, 0.25) is 0 Å². The number of benzene rings is 2. The summed E-state index contributed by atoms with van der Waals surface area (Å²) >= 11 is 0. The number of amides is 2. The third kappa shape index (κ3) is 5.96. The predicted molar refractivity (Wildman–Crippen MR) is 105 cm³/mol. The normalized spacial score (nSPS) is 19.3. The Morgan fingerprint density at radius 1 is 1.22 bits per heavy atom. The fourth-order valence-electron chi connectivity index (χ4n) is 3.37. The van der Waals surface area contributed by atoms with Gasteiger partial charge in [-0.2, -0.15) is 0 Å². The lowest BCUT2D eigenvalue weighted by molar-refractivity contribution is 0.247. The van der Waals surface area contributed by atoms with Crippen molar-refractivity contribution < 1.29 is 13.9 Å². The van der Waals surface area contributed by atoms with E-state index in [4.69, 9.17) is 4.74 Å². The van der Waals surface area contributed by atoms with Crippen LogP contribution in [0.4, 0.5) is 14.9 Å². The molecule has 0 bridgehead atoms. The van der Waals surface area contributed by atoms with Crippen LogP contribution in [0.1, 0.15) is 18.4 Å². The van der Waals surface area contributed by atoms with E-state index in [0.717, 1.165) is 31.4 Å². The van der Waals surface area contributed by atoms with Crippen LogP contribution < -0.4 is 20.7 Å². The Morgan fingerprint density at radius 3 is 2.74 bits per heavy atom. The molecule has 0 aromatic heterocycles. The maximum Gasteiger partial charge on any atom is 0.319 e. The SMILES string of the molecule is COc1cccc(NC(=O)NC[C@@H]2CC[C@@H](Cc3ccc(F)cc3)CN2)c1. The molecular weight excluding hydrogens is 345 g/mol. The smallest absolute Gasteiger partial charge is 0.319 e. The van der Waals surface area contributed by atoms with E-state index in [0.29, 0.717) is 23.9 Å². The Labute approximate surface area is 159 Å². The molecule has 1 heterocycles. The lowest BCUT2D eigenvalue weighted by Crippen LogP contribution is -2.47. The number of urea groups is 1. The molecule has 2 atom stereocenters. The molecule has 1 fully saturated rings. The van der Waals surface area contributed by atoms with Gasteiger partial charge in [-0.15, -0.1) is 0 Å². The van der Waals surface area contributed by atoms with Crippen molar-refractivity contribution in [3.8, 4) is 5.75 Å². The van der Waals surface area contributed by atoms with Crippen molar-refractivity contribution in [3.63, 3.8) is 0 Å². The monoisotopic (exact) mass is 371 g/mol. The minimum absolute atomic E-state index is 0.195. The largest absolute Gasteiger partial charge is 0.497 e. The van der Waals surface area contributed by atoms with Gasteiger partial charge in [0, 0.05) is 24.3 Å². The zero-order valence-corrected chi connectivity index (χ0v) is 15.5. The summed E-state index contributed by atoms with van der Waals surface area (Å²) in [6.07, 6.45) is 3.04. The van der Waals surface area contributed by atoms with Crippen LogP contribution in [0.25, 0.3) is 0 Å². The zero-order chi connectivity index (χ0) is 19.1. The van der Waals surface area contributed by atoms with E-state index in [-0.39, 0.29) is 17.9 Å². The summed E-state index contributed by atoms with van der Waals surface area (Å²) in [7, 11) is 1.59. The number of halogens is 1. The van der Waals surface area contributed by atoms with Gasteiger partial charge in [-0.3, -0.25) is 0 Å². The molecule has 2 aromatic carbocycles. The highest BCUT2D eigenvalue weighted by Crippen LogP contribution is 2.19. The molecule has 0 saturated carbocycles. The highest BCUT2D eigenvalue weighted by atomic mass is 19.1. The van der Waals surface area contributed by atoms with E-state index >= 15 is 0 Å². The zero-order valence-electron chi connectivity index (χ0n) is 15.5. The summed E-state index contributed by atoms with van der Waals surface area (Å²) in [4.78, 5) is 12.1. The number of rotatable bonds is 6. The van der Waals surface area contributed by atoms with Gasteiger partial charge in [-0.1, -0.05) is 18.2 Å². The number of piperidine rings is 1. The number of hydrogen-bond donors (Lipinski definition) is 3. The number of hydrogen-bond acceptors (Lipinski definition) is 3. The Kier molecular flexibility index (Phi) is 6.65. The van der Waals surface area contributed by atoms with E-state index in [1.165, 1.54) is 12.1 Å². The summed E-state index contributed by atoms with van der Waals surface area (Å²) in [6.45, 7) is 1.49. The number of carbonyl (C=O) groups excluding carboxylic acids is 1. The standard InChI is InChI=1S/C21H26FN3O2/c1-27-20-4-2-3-18(12-20)25-21(26)24-14-19-10-7-16(13-23-19)11-15-5-8-17(22)9-6-15/h2-6,8-9,12,16,19,23H,7,10-11,13-14H2,1H3,(H2,24,25,26)/t16-,19-/m0/s1. The van der Waals surface area contributed by atoms with Crippen molar-refractivity contribution in [3.05, 3.63) is 59.9 Å². The van der Waals surface area contributed by atoms with Crippen molar-refractivity contribution in [1.82, 2.24) is 10.6 Å². The number of ether oxygens (including phenoxy) is 1. The first-order valence-corrected chi connectivity index (χ1v) is 9.29. The van der Waals surface area contributed by atoms with E-state index in [2.05, 4.69) is 16.0 Å². The van der Waals surface area contributed by atoms with Gasteiger partial charge in [-0.05, 0) is 61.6 Å². The maximum atomic E-state index is 13.0. The molecule has 2 aromatic rings. The van der Waals surface area contributed by atoms with Gasteiger partial charge in [0.05, 0.1) is 7.11 Å². The van der Waals surface area contributed by atoms with Gasteiger partial charge in [0.2, 0.25) is 0 Å². The lowest BCUT2D eigenvalue weighted by Gasteiger charge is -2.30. The average Bonchev–Trinajstić information content (AvgIpc) is 2.69. The van der Waals surface area contributed by atoms with Gasteiger partial charge in [0.15, 0.2) is 0 Å². The van der Waals surface area contributed by atoms with Crippen LogP contribution in [-0.4, -0.2) is 32.3 Å². The van der Waals surface area contributed by atoms with Crippen LogP contribution >= 0.6 is 0 Å². The first kappa shape index (κ1) is 19.2. The Morgan fingerprint density at radius 2 is 2.04 bits per heavy atom. The molecule has 1 aliphatic heterocycles. The summed E-state index contributed by atoms with van der Waals surface area (Å²) in [5.74, 6) is 1.05. The molecule has 144 valence electrons. The summed E-state index contributed by atoms with van der Waals surface area (Å²) in [6, 6.07) is 14.0. The molecule has 0 aliphatic carbocycles. The highest BCUT2D eigenvalue weighted by Gasteiger charge is 2.21. The molecule has 2 amide bonds. The number of methoxy groups -OCH3 is 1. The maximum absolute atomic E-state index is 13.0. The quantitative estimate of drug-likeness (QED) is 0.727. The molecule has 3 N–H and O–H groups in total. The molecule has 6 heteroatoms. The number of anilines is 1. The first-order valence-electron chi connectivity index (χ1n) is 9.29. The fourth-order valence-corrected chi connectivity index (χ4v) is 3.37. The van der Waals surface area contributed by atoms with Gasteiger partial charge in [0.1, 0.15) is 11.6 Å². The minimum atomic E-state index is -0.224. The fraction of sp³-hybridized carbons (Fsp3) is 0.381. The number of carbonyl (C=O) groups is 1. The van der Waals surface area contributed by atoms with Gasteiger partial charge in [0.25, 0.3) is 0 Å². The van der Waals surface area contributed by atoms with Crippen molar-refractivity contribution in [1.29, 1.82) is 0 Å². The molecule has 5 nitrogen and oxygen atoms in total. The van der Waals surface area contributed by atoms with Crippen molar-refractivity contribution in [2.45, 2.75) is 25.3 Å². The summed E-state index contributed by atoms with van der Waals surface area (Å²) in [5, 5.41) is 9.23. The first-order chi connectivity index (χ1) is 13.1. The van der Waals surface area contributed by atoms with Crippen LogP contribution in [0.15, 0.2) is 48.5 Å². The van der Waals surface area contributed by atoms with Gasteiger partial charge >= 0.3 is 6.03 Å². The van der Waals surface area contributed by atoms with Gasteiger partial charge in [-0.25, -0.2) is 9.18 Å². The van der Waals surface area contributed by atoms with E-state index in [9.17, 15) is 9.18 Å². The Hall–Kier alpha value is -2.60. The van der Waals surface area contributed by atoms with Crippen molar-refractivity contribution >= 4 is 11.7 Å². The molecule has 1 aliphatic rings. The number of nitrogens with one attached hydrogen (secondary N) is 3. The third-order valence-corrected chi connectivity index (χ3v) is 4.89. The van der Waals surface area contributed by atoms with Crippen LogP contribution in [0.3, 0.4) is 0 Å². The Balaban J connectivity index is 1.37. The van der Waals surface area contributed by atoms with E-state index < -0.39 is 0 Å². The second kappa shape index (κ2) is 9.37. The summed E-state index contributed by atoms with van der Waals surface area (Å²) in [5.41, 5.74) is 1.86. The van der Waals surface area contributed by atoms with E-state index in [1.54, 1.807) is 13.2 Å². The second-order valence-electron chi connectivity index (χ2n) is 6.95. The molecule has 0 spiro atoms. The minimum Gasteiger partial charge on any atom is -0.497 e. The predicted octanol–water partition coefficient (Wildman–Crippen LogP) is 3.57. The van der Waals surface area contributed by atoms with Crippen LogP contribution in [-0.2, 0) is 6.42 Å². The molecule has 1 saturated heterocycles. The Bertz CT molecular complexity index is 743. The van der Waals surface area contributed by atoms with Gasteiger partial charge < -0.3 is 20.7 Å².